The Morgan fingerprint density at radius 2 is 1.68 bits per heavy atom. The molecule has 0 radical (unpaired) electrons. The number of amides is 4. The summed E-state index contributed by atoms with van der Waals surface area (Å²) in [5, 5.41) is 5.92. The van der Waals surface area contributed by atoms with Crippen molar-refractivity contribution >= 4 is 29.3 Å². The first kappa shape index (κ1) is 24.2. The lowest BCUT2D eigenvalue weighted by Gasteiger charge is -2.27. The van der Waals surface area contributed by atoms with Gasteiger partial charge in [0.1, 0.15) is 6.04 Å². The molecule has 3 aliphatic rings. The number of carbonyl (C=O) groups excluding carboxylic acids is 4. The summed E-state index contributed by atoms with van der Waals surface area (Å²) in [5.74, 6) is -1.19. The van der Waals surface area contributed by atoms with Crippen LogP contribution in [0.3, 0.4) is 0 Å². The summed E-state index contributed by atoms with van der Waals surface area (Å²) in [5.41, 5.74) is 1.56. The summed E-state index contributed by atoms with van der Waals surface area (Å²) in [6, 6.07) is 6.63. The molecule has 3 atom stereocenters. The lowest BCUT2D eigenvalue weighted by Crippen LogP contribution is -2.50. The number of benzene rings is 1. The molecule has 34 heavy (non-hydrogen) atoms. The maximum Gasteiger partial charge on any atom is 0.243 e. The van der Waals surface area contributed by atoms with Crippen molar-refractivity contribution < 1.29 is 19.2 Å². The van der Waals surface area contributed by atoms with Gasteiger partial charge in [-0.15, -0.1) is 0 Å². The van der Waals surface area contributed by atoms with Gasteiger partial charge in [-0.1, -0.05) is 51.0 Å². The standard InChI is InChI=1S/C27H35N3O4/c1-17(2)14-23(30-26(33)21-12-5-6-13-22(21)27(30)34)25(32)28-16-18-8-7-11-20(15-18)29-24(31)19-9-3-4-10-19/h5-8,11,15,17,19,21-23H,3-4,9-10,12-14,16H2,1-2H3,(H,28,32)(H,29,31)/t21-,22+,23-/m1/s1. The van der Waals surface area contributed by atoms with Crippen molar-refractivity contribution in [3.8, 4) is 0 Å². The molecule has 2 N–H and O–H groups in total. The molecule has 7 heteroatoms. The number of carbonyl (C=O) groups is 4. The number of anilines is 1. The van der Waals surface area contributed by atoms with Gasteiger partial charge in [0.05, 0.1) is 11.8 Å². The minimum absolute atomic E-state index is 0.0534. The first-order chi connectivity index (χ1) is 16.3. The van der Waals surface area contributed by atoms with Gasteiger partial charge in [0.2, 0.25) is 23.6 Å². The molecule has 1 aliphatic heterocycles. The topological polar surface area (TPSA) is 95.6 Å². The van der Waals surface area contributed by atoms with Crippen molar-refractivity contribution in [2.45, 2.75) is 71.4 Å². The molecule has 0 unspecified atom stereocenters. The average molecular weight is 466 g/mol. The van der Waals surface area contributed by atoms with Crippen LogP contribution in [0.1, 0.15) is 64.4 Å². The van der Waals surface area contributed by atoms with Crippen molar-refractivity contribution in [1.82, 2.24) is 10.2 Å². The van der Waals surface area contributed by atoms with E-state index >= 15 is 0 Å². The highest BCUT2D eigenvalue weighted by Gasteiger charge is 2.51. The van der Waals surface area contributed by atoms with E-state index in [9.17, 15) is 19.2 Å². The lowest BCUT2D eigenvalue weighted by atomic mass is 9.85. The van der Waals surface area contributed by atoms with E-state index in [1.807, 2.05) is 50.3 Å². The molecule has 0 aromatic heterocycles. The average Bonchev–Trinajstić information content (AvgIpc) is 3.44. The Balaban J connectivity index is 1.41. The zero-order chi connectivity index (χ0) is 24.2. The Morgan fingerprint density at radius 1 is 1.03 bits per heavy atom. The quantitative estimate of drug-likeness (QED) is 0.451. The van der Waals surface area contributed by atoms with Crippen LogP contribution in [-0.2, 0) is 25.7 Å². The van der Waals surface area contributed by atoms with Crippen LogP contribution in [0.15, 0.2) is 36.4 Å². The number of likely N-dealkylation sites (tertiary alicyclic amines) is 1. The monoisotopic (exact) mass is 465 g/mol. The fourth-order valence-corrected chi connectivity index (χ4v) is 5.41. The maximum atomic E-state index is 13.2. The second-order valence-electron chi connectivity index (χ2n) is 10.2. The number of fused-ring (bicyclic) bond motifs is 1. The van der Waals surface area contributed by atoms with Crippen molar-refractivity contribution in [1.29, 1.82) is 0 Å². The fourth-order valence-electron chi connectivity index (χ4n) is 5.41. The normalized spacial score (nSPS) is 23.3. The summed E-state index contributed by atoms with van der Waals surface area (Å²) >= 11 is 0. The number of hydrogen-bond acceptors (Lipinski definition) is 4. The van der Waals surface area contributed by atoms with Gasteiger partial charge in [-0.3, -0.25) is 24.1 Å². The summed E-state index contributed by atoms with van der Waals surface area (Å²) in [4.78, 5) is 53.0. The van der Waals surface area contributed by atoms with Crippen LogP contribution in [0.5, 0.6) is 0 Å². The third-order valence-corrected chi connectivity index (χ3v) is 7.24. The van der Waals surface area contributed by atoms with Gasteiger partial charge in [-0.2, -0.15) is 0 Å². The molecule has 182 valence electrons. The number of hydrogen-bond donors (Lipinski definition) is 2. The number of rotatable bonds is 8. The molecule has 1 aromatic rings. The van der Waals surface area contributed by atoms with Gasteiger partial charge in [0.15, 0.2) is 0 Å². The van der Waals surface area contributed by atoms with E-state index in [1.54, 1.807) is 0 Å². The maximum absolute atomic E-state index is 13.2. The predicted octanol–water partition coefficient (Wildman–Crippen LogP) is 3.80. The summed E-state index contributed by atoms with van der Waals surface area (Å²) < 4.78 is 0. The molecule has 0 spiro atoms. The Hall–Kier alpha value is -2.96. The molecular formula is C27H35N3O4. The fraction of sp³-hybridized carbons (Fsp3) is 0.556. The zero-order valence-electron chi connectivity index (χ0n) is 20.1. The van der Waals surface area contributed by atoms with Gasteiger partial charge < -0.3 is 10.6 Å². The summed E-state index contributed by atoms with van der Waals surface area (Å²) in [7, 11) is 0. The van der Waals surface area contributed by atoms with Gasteiger partial charge in [0, 0.05) is 18.2 Å². The Bertz CT molecular complexity index is 954. The Morgan fingerprint density at radius 3 is 2.29 bits per heavy atom. The van der Waals surface area contributed by atoms with Gasteiger partial charge in [-0.05, 0) is 55.7 Å². The van der Waals surface area contributed by atoms with E-state index in [-0.39, 0.29) is 53.8 Å². The van der Waals surface area contributed by atoms with Crippen LogP contribution in [-0.4, -0.2) is 34.6 Å². The smallest absolute Gasteiger partial charge is 0.243 e. The molecule has 1 aromatic carbocycles. The molecule has 1 saturated heterocycles. The Labute approximate surface area is 201 Å². The van der Waals surface area contributed by atoms with Crippen LogP contribution in [0.4, 0.5) is 5.69 Å². The minimum atomic E-state index is -0.809. The third-order valence-electron chi connectivity index (χ3n) is 7.24. The summed E-state index contributed by atoms with van der Waals surface area (Å²) in [6.45, 7) is 4.22. The molecular weight excluding hydrogens is 430 g/mol. The molecule has 2 aliphatic carbocycles. The zero-order valence-corrected chi connectivity index (χ0v) is 20.1. The number of nitrogens with one attached hydrogen (secondary N) is 2. The van der Waals surface area contributed by atoms with Crippen LogP contribution in [0.2, 0.25) is 0 Å². The van der Waals surface area contributed by atoms with E-state index in [1.165, 1.54) is 4.90 Å². The molecule has 1 saturated carbocycles. The van der Waals surface area contributed by atoms with E-state index < -0.39 is 6.04 Å². The number of allylic oxidation sites excluding steroid dienone is 2. The van der Waals surface area contributed by atoms with Gasteiger partial charge in [-0.25, -0.2) is 0 Å². The van der Waals surface area contributed by atoms with E-state index in [0.29, 0.717) is 24.9 Å². The second-order valence-corrected chi connectivity index (χ2v) is 10.2. The molecule has 4 rings (SSSR count). The van der Waals surface area contributed by atoms with Crippen LogP contribution >= 0.6 is 0 Å². The molecule has 4 amide bonds. The first-order valence-electron chi connectivity index (χ1n) is 12.5. The van der Waals surface area contributed by atoms with Crippen molar-refractivity contribution in [3.05, 3.63) is 42.0 Å². The molecule has 7 nitrogen and oxygen atoms in total. The largest absolute Gasteiger partial charge is 0.350 e. The van der Waals surface area contributed by atoms with Crippen LogP contribution < -0.4 is 10.6 Å². The van der Waals surface area contributed by atoms with Crippen molar-refractivity contribution in [2.24, 2.45) is 23.7 Å². The predicted molar refractivity (Wildman–Crippen MR) is 129 cm³/mol. The number of imide groups is 1. The highest BCUT2D eigenvalue weighted by molar-refractivity contribution is 6.08. The Kier molecular flexibility index (Phi) is 7.49. The third kappa shape index (κ3) is 5.24. The van der Waals surface area contributed by atoms with E-state index in [0.717, 1.165) is 31.2 Å². The molecule has 0 bridgehead atoms. The summed E-state index contributed by atoms with van der Waals surface area (Å²) in [6.07, 6.45) is 9.51. The minimum Gasteiger partial charge on any atom is -0.350 e. The first-order valence-corrected chi connectivity index (χ1v) is 12.5. The van der Waals surface area contributed by atoms with Crippen LogP contribution in [0, 0.1) is 23.7 Å². The highest BCUT2D eigenvalue weighted by Crippen LogP contribution is 2.37. The van der Waals surface area contributed by atoms with Crippen LogP contribution in [0.25, 0.3) is 0 Å². The number of nitrogens with zero attached hydrogens (tertiary/aromatic N) is 1. The van der Waals surface area contributed by atoms with Gasteiger partial charge in [0.25, 0.3) is 0 Å². The van der Waals surface area contributed by atoms with Crippen molar-refractivity contribution in [3.63, 3.8) is 0 Å². The molecule has 1 heterocycles. The SMILES string of the molecule is CC(C)C[C@H](C(=O)NCc1cccc(NC(=O)C2CCCC2)c1)N1C(=O)[C@H]2CC=CC[C@H]2C1=O. The van der Waals surface area contributed by atoms with Crippen molar-refractivity contribution in [2.75, 3.05) is 5.32 Å². The van der Waals surface area contributed by atoms with E-state index in [2.05, 4.69) is 10.6 Å². The molecule has 2 fully saturated rings. The van der Waals surface area contributed by atoms with E-state index in [4.69, 9.17) is 0 Å². The lowest BCUT2D eigenvalue weighted by molar-refractivity contribution is -0.148. The second kappa shape index (κ2) is 10.5. The van der Waals surface area contributed by atoms with Gasteiger partial charge >= 0.3 is 0 Å². The highest BCUT2D eigenvalue weighted by atomic mass is 16.2.